The standard InChI is InChI=1S/C15H21IN2O2/c1-2-18(13-5-3-4-11(13)9-17)15(20)10-6-7-12(16)14(19)8-10/h6-8,11,13,19H,2-5,9,17H2,1H3. The lowest BCUT2D eigenvalue weighted by Gasteiger charge is -2.32. The van der Waals surface area contributed by atoms with Crippen LogP contribution in [-0.2, 0) is 0 Å². The minimum atomic E-state index is -0.00968. The zero-order valence-corrected chi connectivity index (χ0v) is 13.8. The van der Waals surface area contributed by atoms with Crippen LogP contribution in [0.5, 0.6) is 5.75 Å². The molecular weight excluding hydrogens is 367 g/mol. The van der Waals surface area contributed by atoms with Crippen molar-refractivity contribution in [3.63, 3.8) is 0 Å². The Morgan fingerprint density at radius 1 is 1.50 bits per heavy atom. The second kappa shape index (κ2) is 6.76. The molecule has 1 aromatic rings. The number of nitrogens with zero attached hydrogens (tertiary/aromatic N) is 1. The lowest BCUT2D eigenvalue weighted by atomic mass is 10.0. The van der Waals surface area contributed by atoms with Gasteiger partial charge >= 0.3 is 0 Å². The number of phenolic OH excluding ortho intramolecular Hbond substituents is 1. The van der Waals surface area contributed by atoms with Crippen LogP contribution >= 0.6 is 22.6 Å². The van der Waals surface area contributed by atoms with Crippen molar-refractivity contribution in [2.24, 2.45) is 11.7 Å². The fourth-order valence-electron chi connectivity index (χ4n) is 3.04. The van der Waals surface area contributed by atoms with E-state index < -0.39 is 0 Å². The number of benzene rings is 1. The van der Waals surface area contributed by atoms with Gasteiger partial charge in [-0.05, 0) is 73.0 Å². The fourth-order valence-corrected chi connectivity index (χ4v) is 3.38. The van der Waals surface area contributed by atoms with E-state index in [2.05, 4.69) is 0 Å². The van der Waals surface area contributed by atoms with Gasteiger partial charge in [0.2, 0.25) is 0 Å². The van der Waals surface area contributed by atoms with E-state index >= 15 is 0 Å². The zero-order valence-electron chi connectivity index (χ0n) is 11.7. The summed E-state index contributed by atoms with van der Waals surface area (Å²) < 4.78 is 0.753. The molecule has 2 unspecified atom stereocenters. The Hall–Kier alpha value is -0.820. The lowest BCUT2D eigenvalue weighted by Crippen LogP contribution is -2.44. The summed E-state index contributed by atoms with van der Waals surface area (Å²) in [5.41, 5.74) is 6.37. The van der Waals surface area contributed by atoms with Crippen molar-refractivity contribution in [1.82, 2.24) is 4.90 Å². The zero-order chi connectivity index (χ0) is 14.7. The van der Waals surface area contributed by atoms with Gasteiger partial charge in [0.05, 0.1) is 3.57 Å². The number of carbonyl (C=O) groups is 1. The molecule has 0 radical (unpaired) electrons. The van der Waals surface area contributed by atoms with Gasteiger partial charge in [0.1, 0.15) is 5.75 Å². The van der Waals surface area contributed by atoms with E-state index in [-0.39, 0.29) is 17.7 Å². The van der Waals surface area contributed by atoms with Crippen molar-refractivity contribution in [3.05, 3.63) is 27.3 Å². The van der Waals surface area contributed by atoms with Crippen LogP contribution in [0.25, 0.3) is 0 Å². The van der Waals surface area contributed by atoms with Gasteiger partial charge in [-0.3, -0.25) is 4.79 Å². The maximum atomic E-state index is 12.7. The van der Waals surface area contributed by atoms with Gasteiger partial charge in [-0.25, -0.2) is 0 Å². The van der Waals surface area contributed by atoms with Gasteiger partial charge < -0.3 is 15.7 Å². The summed E-state index contributed by atoms with van der Waals surface area (Å²) in [5, 5.41) is 9.77. The summed E-state index contributed by atoms with van der Waals surface area (Å²) >= 11 is 2.05. The second-order valence-corrected chi connectivity index (χ2v) is 6.41. The molecule has 2 rings (SSSR count). The quantitative estimate of drug-likeness (QED) is 0.780. The first-order chi connectivity index (χ1) is 9.58. The first-order valence-electron chi connectivity index (χ1n) is 7.08. The first kappa shape index (κ1) is 15.6. The third-order valence-corrected chi connectivity index (χ3v) is 5.03. The molecule has 20 heavy (non-hydrogen) atoms. The van der Waals surface area contributed by atoms with Crippen molar-refractivity contribution in [3.8, 4) is 5.75 Å². The normalized spacial score (nSPS) is 21.9. The van der Waals surface area contributed by atoms with Gasteiger partial charge in [0.15, 0.2) is 0 Å². The largest absolute Gasteiger partial charge is 0.507 e. The number of carbonyl (C=O) groups excluding carboxylic acids is 1. The molecule has 1 aliphatic rings. The van der Waals surface area contributed by atoms with Crippen LogP contribution in [-0.4, -0.2) is 35.0 Å². The van der Waals surface area contributed by atoms with Crippen molar-refractivity contribution < 1.29 is 9.90 Å². The van der Waals surface area contributed by atoms with Crippen molar-refractivity contribution in [1.29, 1.82) is 0 Å². The smallest absolute Gasteiger partial charge is 0.254 e. The number of aromatic hydroxyl groups is 1. The van der Waals surface area contributed by atoms with Crippen LogP contribution in [0.3, 0.4) is 0 Å². The van der Waals surface area contributed by atoms with Crippen LogP contribution < -0.4 is 5.73 Å². The SMILES string of the molecule is CCN(C(=O)c1ccc(I)c(O)c1)C1CCCC1CN. The van der Waals surface area contributed by atoms with E-state index in [0.29, 0.717) is 24.6 Å². The van der Waals surface area contributed by atoms with Crippen LogP contribution in [0.15, 0.2) is 18.2 Å². The Kier molecular flexibility index (Phi) is 5.26. The van der Waals surface area contributed by atoms with E-state index in [9.17, 15) is 9.90 Å². The van der Waals surface area contributed by atoms with Gasteiger partial charge in [0.25, 0.3) is 5.91 Å². The summed E-state index contributed by atoms with van der Waals surface area (Å²) in [4.78, 5) is 14.6. The molecule has 1 amide bonds. The highest BCUT2D eigenvalue weighted by Gasteiger charge is 2.33. The second-order valence-electron chi connectivity index (χ2n) is 5.25. The highest BCUT2D eigenvalue weighted by atomic mass is 127. The highest BCUT2D eigenvalue weighted by Crippen LogP contribution is 2.30. The Morgan fingerprint density at radius 2 is 2.25 bits per heavy atom. The molecular formula is C15H21IN2O2. The average Bonchev–Trinajstić information content (AvgIpc) is 2.91. The molecule has 3 N–H and O–H groups in total. The number of phenols is 1. The van der Waals surface area contributed by atoms with Gasteiger partial charge in [0, 0.05) is 18.2 Å². The first-order valence-corrected chi connectivity index (χ1v) is 8.15. The third kappa shape index (κ3) is 3.09. The molecule has 0 aliphatic heterocycles. The molecule has 0 saturated heterocycles. The molecule has 4 nitrogen and oxygen atoms in total. The fraction of sp³-hybridized carbons (Fsp3) is 0.533. The van der Waals surface area contributed by atoms with E-state index in [1.165, 1.54) is 0 Å². The number of hydrogen-bond acceptors (Lipinski definition) is 3. The van der Waals surface area contributed by atoms with Crippen molar-refractivity contribution >= 4 is 28.5 Å². The number of amides is 1. The molecule has 1 aromatic carbocycles. The molecule has 5 heteroatoms. The van der Waals surface area contributed by atoms with Gasteiger partial charge in [-0.2, -0.15) is 0 Å². The summed E-state index contributed by atoms with van der Waals surface area (Å²) in [6.45, 7) is 3.30. The highest BCUT2D eigenvalue weighted by molar-refractivity contribution is 14.1. The van der Waals surface area contributed by atoms with Crippen LogP contribution in [0.4, 0.5) is 0 Å². The van der Waals surface area contributed by atoms with Crippen LogP contribution in [0, 0.1) is 9.49 Å². The predicted molar refractivity (Wildman–Crippen MR) is 87.7 cm³/mol. The van der Waals surface area contributed by atoms with Crippen LogP contribution in [0.1, 0.15) is 36.5 Å². The van der Waals surface area contributed by atoms with Crippen molar-refractivity contribution in [2.75, 3.05) is 13.1 Å². The maximum Gasteiger partial charge on any atom is 0.254 e. The molecule has 2 atom stereocenters. The Bertz CT molecular complexity index is 493. The van der Waals surface area contributed by atoms with Gasteiger partial charge in [-0.15, -0.1) is 0 Å². The van der Waals surface area contributed by atoms with Crippen LogP contribution in [0.2, 0.25) is 0 Å². The Labute approximate surface area is 133 Å². The molecule has 1 aliphatic carbocycles. The summed E-state index contributed by atoms with van der Waals surface area (Å²) in [7, 11) is 0. The summed E-state index contributed by atoms with van der Waals surface area (Å²) in [5.74, 6) is 0.551. The molecule has 1 fully saturated rings. The van der Waals surface area contributed by atoms with Crippen molar-refractivity contribution in [2.45, 2.75) is 32.2 Å². The molecule has 0 bridgehead atoms. The van der Waals surface area contributed by atoms with E-state index in [1.54, 1.807) is 18.2 Å². The Morgan fingerprint density at radius 3 is 2.85 bits per heavy atom. The minimum absolute atomic E-state index is 0.00968. The number of halogens is 1. The van der Waals surface area contributed by atoms with E-state index in [0.717, 1.165) is 22.8 Å². The molecule has 1 saturated carbocycles. The number of hydrogen-bond donors (Lipinski definition) is 2. The van der Waals surface area contributed by atoms with E-state index in [1.807, 2.05) is 34.4 Å². The number of nitrogens with two attached hydrogens (primary N) is 1. The molecule has 0 heterocycles. The molecule has 0 aromatic heterocycles. The molecule has 110 valence electrons. The number of rotatable bonds is 4. The Balaban J connectivity index is 2.22. The minimum Gasteiger partial charge on any atom is -0.507 e. The average molecular weight is 388 g/mol. The predicted octanol–water partition coefficient (Wildman–Crippen LogP) is 2.59. The monoisotopic (exact) mass is 388 g/mol. The summed E-state index contributed by atoms with van der Waals surface area (Å²) in [6, 6.07) is 5.34. The molecule has 0 spiro atoms. The summed E-state index contributed by atoms with van der Waals surface area (Å²) in [6.07, 6.45) is 3.26. The third-order valence-electron chi connectivity index (χ3n) is 4.12. The van der Waals surface area contributed by atoms with Gasteiger partial charge in [-0.1, -0.05) is 6.42 Å². The van der Waals surface area contributed by atoms with E-state index in [4.69, 9.17) is 5.73 Å². The lowest BCUT2D eigenvalue weighted by molar-refractivity contribution is 0.0651. The maximum absolute atomic E-state index is 12.7. The topological polar surface area (TPSA) is 66.6 Å².